The summed E-state index contributed by atoms with van der Waals surface area (Å²) in [4.78, 5) is 0. The van der Waals surface area contributed by atoms with Crippen molar-refractivity contribution in [3.8, 4) is 11.5 Å². The summed E-state index contributed by atoms with van der Waals surface area (Å²) in [5, 5.41) is 0. The Labute approximate surface area is 113 Å². The van der Waals surface area contributed by atoms with E-state index in [0.717, 1.165) is 22.6 Å². The Morgan fingerprint density at radius 3 is 2.42 bits per heavy atom. The summed E-state index contributed by atoms with van der Waals surface area (Å²) >= 11 is 0. The van der Waals surface area contributed by atoms with Gasteiger partial charge in [0.25, 0.3) is 0 Å². The molecule has 3 N–H and O–H groups in total. The van der Waals surface area contributed by atoms with Gasteiger partial charge in [0.05, 0.1) is 7.11 Å². The highest BCUT2D eigenvalue weighted by molar-refractivity contribution is 5.38. The Morgan fingerprint density at radius 1 is 1.00 bits per heavy atom. The molecule has 0 saturated heterocycles. The SMILES string of the molecule is COc1cc(CNN)cc(OCc2ccccc2)c1. The lowest BCUT2D eigenvalue weighted by Crippen LogP contribution is -2.20. The molecule has 0 aliphatic rings. The van der Waals surface area contributed by atoms with Crippen LogP contribution in [0, 0.1) is 0 Å². The van der Waals surface area contributed by atoms with E-state index in [-0.39, 0.29) is 0 Å². The first-order chi connectivity index (χ1) is 9.31. The van der Waals surface area contributed by atoms with Gasteiger partial charge in [0.1, 0.15) is 18.1 Å². The van der Waals surface area contributed by atoms with Crippen molar-refractivity contribution in [2.75, 3.05) is 7.11 Å². The standard InChI is InChI=1S/C15H18N2O2/c1-18-14-7-13(10-17-16)8-15(9-14)19-11-12-5-3-2-4-6-12/h2-9,17H,10-11,16H2,1H3. The Morgan fingerprint density at radius 2 is 1.74 bits per heavy atom. The smallest absolute Gasteiger partial charge is 0.123 e. The second-order valence-electron chi connectivity index (χ2n) is 4.17. The highest BCUT2D eigenvalue weighted by Gasteiger charge is 2.02. The van der Waals surface area contributed by atoms with Crippen molar-refractivity contribution in [3.63, 3.8) is 0 Å². The Bertz CT molecular complexity index is 515. The summed E-state index contributed by atoms with van der Waals surface area (Å²) in [7, 11) is 1.63. The summed E-state index contributed by atoms with van der Waals surface area (Å²) in [6.45, 7) is 1.10. The van der Waals surface area contributed by atoms with E-state index < -0.39 is 0 Å². The number of hydrogen-bond donors (Lipinski definition) is 2. The Kier molecular flexibility index (Phi) is 4.78. The van der Waals surface area contributed by atoms with E-state index in [1.165, 1.54) is 0 Å². The number of hydrogen-bond acceptors (Lipinski definition) is 4. The molecule has 0 heterocycles. The van der Waals surface area contributed by atoms with Gasteiger partial charge in [-0.2, -0.15) is 0 Å². The molecular weight excluding hydrogens is 240 g/mol. The normalized spacial score (nSPS) is 10.2. The van der Waals surface area contributed by atoms with Gasteiger partial charge in [-0.1, -0.05) is 30.3 Å². The van der Waals surface area contributed by atoms with Crippen LogP contribution in [-0.4, -0.2) is 7.11 Å². The third kappa shape index (κ3) is 3.98. The van der Waals surface area contributed by atoms with E-state index in [2.05, 4.69) is 5.43 Å². The van der Waals surface area contributed by atoms with Gasteiger partial charge in [-0.25, -0.2) is 0 Å². The van der Waals surface area contributed by atoms with Crippen molar-refractivity contribution < 1.29 is 9.47 Å². The maximum atomic E-state index is 5.77. The number of nitrogens with two attached hydrogens (primary N) is 1. The predicted molar refractivity (Wildman–Crippen MR) is 74.8 cm³/mol. The maximum Gasteiger partial charge on any atom is 0.123 e. The number of benzene rings is 2. The largest absolute Gasteiger partial charge is 0.497 e. The molecule has 4 heteroatoms. The van der Waals surface area contributed by atoms with Gasteiger partial charge in [0.15, 0.2) is 0 Å². The molecule has 0 saturated carbocycles. The van der Waals surface area contributed by atoms with E-state index in [9.17, 15) is 0 Å². The van der Waals surface area contributed by atoms with Crippen molar-refractivity contribution in [1.82, 2.24) is 5.43 Å². The molecule has 2 aromatic carbocycles. The zero-order chi connectivity index (χ0) is 13.5. The van der Waals surface area contributed by atoms with Crippen LogP contribution in [0.4, 0.5) is 0 Å². The van der Waals surface area contributed by atoms with Crippen LogP contribution in [0.25, 0.3) is 0 Å². The molecule has 0 fully saturated rings. The first-order valence-corrected chi connectivity index (χ1v) is 6.10. The fraction of sp³-hybridized carbons (Fsp3) is 0.200. The van der Waals surface area contributed by atoms with Gasteiger partial charge >= 0.3 is 0 Å². The van der Waals surface area contributed by atoms with E-state index in [1.807, 2.05) is 48.5 Å². The van der Waals surface area contributed by atoms with Crippen molar-refractivity contribution in [2.24, 2.45) is 5.84 Å². The van der Waals surface area contributed by atoms with Gasteiger partial charge in [0, 0.05) is 12.6 Å². The molecule has 2 aromatic rings. The summed E-state index contributed by atoms with van der Waals surface area (Å²) < 4.78 is 11.0. The molecule has 4 nitrogen and oxygen atoms in total. The van der Waals surface area contributed by atoms with Crippen LogP contribution < -0.4 is 20.7 Å². The quantitative estimate of drug-likeness (QED) is 0.616. The van der Waals surface area contributed by atoms with Gasteiger partial charge in [-0.05, 0) is 23.3 Å². The lowest BCUT2D eigenvalue weighted by Gasteiger charge is -2.10. The molecule has 0 aromatic heterocycles. The first-order valence-electron chi connectivity index (χ1n) is 6.10. The minimum Gasteiger partial charge on any atom is -0.497 e. The summed E-state index contributed by atoms with van der Waals surface area (Å²) in [6, 6.07) is 15.8. The predicted octanol–water partition coefficient (Wildman–Crippen LogP) is 2.24. The van der Waals surface area contributed by atoms with Crippen LogP contribution in [0.15, 0.2) is 48.5 Å². The Hall–Kier alpha value is -2.04. The number of ether oxygens (including phenoxy) is 2. The van der Waals surface area contributed by atoms with Crippen LogP contribution in [0.3, 0.4) is 0 Å². The van der Waals surface area contributed by atoms with Crippen LogP contribution >= 0.6 is 0 Å². The first kappa shape index (κ1) is 13.4. The molecule has 100 valence electrons. The molecule has 2 rings (SSSR count). The molecule has 0 radical (unpaired) electrons. The minimum atomic E-state index is 0.531. The number of nitrogens with one attached hydrogen (secondary N) is 1. The van der Waals surface area contributed by atoms with Gasteiger partial charge in [0.2, 0.25) is 0 Å². The molecule has 0 atom stereocenters. The number of rotatable bonds is 6. The highest BCUT2D eigenvalue weighted by Crippen LogP contribution is 2.23. The fourth-order valence-electron chi connectivity index (χ4n) is 1.79. The van der Waals surface area contributed by atoms with E-state index in [4.69, 9.17) is 15.3 Å². The van der Waals surface area contributed by atoms with Gasteiger partial charge < -0.3 is 9.47 Å². The van der Waals surface area contributed by atoms with E-state index in [1.54, 1.807) is 7.11 Å². The molecule has 0 spiro atoms. The van der Waals surface area contributed by atoms with Crippen molar-refractivity contribution >= 4 is 0 Å². The highest BCUT2D eigenvalue weighted by atomic mass is 16.5. The van der Waals surface area contributed by atoms with Gasteiger partial charge in [-0.3, -0.25) is 11.3 Å². The van der Waals surface area contributed by atoms with E-state index >= 15 is 0 Å². The summed E-state index contributed by atoms with van der Waals surface area (Å²) in [6.07, 6.45) is 0. The van der Waals surface area contributed by atoms with Crippen molar-refractivity contribution in [1.29, 1.82) is 0 Å². The monoisotopic (exact) mass is 258 g/mol. The number of methoxy groups -OCH3 is 1. The molecule has 0 unspecified atom stereocenters. The van der Waals surface area contributed by atoms with Crippen molar-refractivity contribution in [2.45, 2.75) is 13.2 Å². The molecule has 0 amide bonds. The molecule has 0 bridgehead atoms. The Balaban J connectivity index is 2.08. The second kappa shape index (κ2) is 6.78. The molecule has 0 aliphatic carbocycles. The lowest BCUT2D eigenvalue weighted by atomic mass is 10.2. The van der Waals surface area contributed by atoms with Crippen LogP contribution in [0.1, 0.15) is 11.1 Å². The van der Waals surface area contributed by atoms with E-state index in [0.29, 0.717) is 13.2 Å². The zero-order valence-electron chi connectivity index (χ0n) is 10.9. The maximum absolute atomic E-state index is 5.77. The average Bonchev–Trinajstić information content (AvgIpc) is 2.46. The third-order valence-electron chi connectivity index (χ3n) is 2.73. The zero-order valence-corrected chi connectivity index (χ0v) is 10.9. The van der Waals surface area contributed by atoms with Crippen LogP contribution in [0.5, 0.6) is 11.5 Å². The minimum absolute atomic E-state index is 0.531. The van der Waals surface area contributed by atoms with Crippen LogP contribution in [-0.2, 0) is 13.2 Å². The molecule has 0 aliphatic heterocycles. The second-order valence-corrected chi connectivity index (χ2v) is 4.17. The summed E-state index contributed by atoms with van der Waals surface area (Å²) in [5.41, 5.74) is 4.77. The molecular formula is C15H18N2O2. The van der Waals surface area contributed by atoms with Crippen LogP contribution in [0.2, 0.25) is 0 Å². The van der Waals surface area contributed by atoms with Gasteiger partial charge in [-0.15, -0.1) is 0 Å². The average molecular weight is 258 g/mol. The molecule has 19 heavy (non-hydrogen) atoms. The fourth-order valence-corrected chi connectivity index (χ4v) is 1.79. The van der Waals surface area contributed by atoms with Crippen molar-refractivity contribution in [3.05, 3.63) is 59.7 Å². The lowest BCUT2D eigenvalue weighted by molar-refractivity contribution is 0.303. The topological polar surface area (TPSA) is 56.5 Å². The number of hydrazine groups is 1. The summed E-state index contributed by atoms with van der Waals surface area (Å²) in [5.74, 6) is 6.87. The third-order valence-corrected chi connectivity index (χ3v) is 2.73.